The first-order valence-corrected chi connectivity index (χ1v) is 9.22. The van der Waals surface area contributed by atoms with E-state index in [1.165, 1.54) is 0 Å². The Balaban J connectivity index is 1.50. The third kappa shape index (κ3) is 4.49. The SMILES string of the molecule is COc1ccc(SCCC(=O)Nc2ccc3c(c2)NC(=O)C(C)O3)cc1. The largest absolute Gasteiger partial charge is 0.497 e. The van der Waals surface area contributed by atoms with Crippen LogP contribution in [0, 0.1) is 0 Å². The summed E-state index contributed by atoms with van der Waals surface area (Å²) < 4.78 is 10.6. The van der Waals surface area contributed by atoms with Crippen molar-refractivity contribution in [2.45, 2.75) is 24.3 Å². The summed E-state index contributed by atoms with van der Waals surface area (Å²) in [5.41, 5.74) is 1.19. The number of nitrogens with one attached hydrogen (secondary N) is 2. The highest BCUT2D eigenvalue weighted by Gasteiger charge is 2.23. The Kier molecular flexibility index (Phi) is 5.68. The molecule has 26 heavy (non-hydrogen) atoms. The van der Waals surface area contributed by atoms with Crippen molar-refractivity contribution in [3.8, 4) is 11.5 Å². The van der Waals surface area contributed by atoms with Crippen LogP contribution in [0.5, 0.6) is 11.5 Å². The molecule has 7 heteroatoms. The summed E-state index contributed by atoms with van der Waals surface area (Å²) in [5.74, 6) is 1.80. The minimum atomic E-state index is -0.516. The topological polar surface area (TPSA) is 76.7 Å². The van der Waals surface area contributed by atoms with E-state index in [2.05, 4.69) is 10.6 Å². The van der Waals surface area contributed by atoms with Crippen molar-refractivity contribution in [3.05, 3.63) is 42.5 Å². The van der Waals surface area contributed by atoms with Crippen LogP contribution in [0.3, 0.4) is 0 Å². The lowest BCUT2D eigenvalue weighted by atomic mass is 10.2. The van der Waals surface area contributed by atoms with Gasteiger partial charge in [-0.25, -0.2) is 0 Å². The number of methoxy groups -OCH3 is 1. The molecule has 1 atom stereocenters. The van der Waals surface area contributed by atoms with E-state index in [4.69, 9.17) is 9.47 Å². The van der Waals surface area contributed by atoms with Crippen molar-refractivity contribution in [1.82, 2.24) is 0 Å². The van der Waals surface area contributed by atoms with E-state index < -0.39 is 6.10 Å². The van der Waals surface area contributed by atoms with Crippen molar-refractivity contribution in [2.75, 3.05) is 23.5 Å². The van der Waals surface area contributed by atoms with Crippen LogP contribution in [0.2, 0.25) is 0 Å². The predicted octanol–water partition coefficient (Wildman–Crippen LogP) is 3.54. The highest BCUT2D eigenvalue weighted by molar-refractivity contribution is 7.99. The minimum absolute atomic E-state index is 0.0811. The van der Waals surface area contributed by atoms with Crippen LogP contribution in [0.4, 0.5) is 11.4 Å². The number of rotatable bonds is 6. The molecule has 2 aromatic carbocycles. The number of amides is 2. The summed E-state index contributed by atoms with van der Waals surface area (Å²) in [7, 11) is 1.63. The highest BCUT2D eigenvalue weighted by atomic mass is 32.2. The number of carbonyl (C=O) groups excluding carboxylic acids is 2. The summed E-state index contributed by atoms with van der Waals surface area (Å²) in [6.07, 6.45) is -0.133. The third-order valence-electron chi connectivity index (χ3n) is 3.85. The number of fused-ring (bicyclic) bond motifs is 1. The Hall–Kier alpha value is -2.67. The van der Waals surface area contributed by atoms with E-state index in [0.717, 1.165) is 10.6 Å². The van der Waals surface area contributed by atoms with Crippen LogP contribution in [0.1, 0.15) is 13.3 Å². The zero-order chi connectivity index (χ0) is 18.5. The van der Waals surface area contributed by atoms with E-state index in [1.807, 2.05) is 24.3 Å². The normalized spacial score (nSPS) is 15.5. The van der Waals surface area contributed by atoms with E-state index >= 15 is 0 Å². The number of benzene rings is 2. The quantitative estimate of drug-likeness (QED) is 0.759. The molecule has 0 fully saturated rings. The van der Waals surface area contributed by atoms with Gasteiger partial charge in [0.25, 0.3) is 5.91 Å². The molecule has 2 amide bonds. The number of carbonyl (C=O) groups is 2. The fraction of sp³-hybridized carbons (Fsp3) is 0.263. The van der Waals surface area contributed by atoms with Gasteiger partial charge in [0.15, 0.2) is 6.10 Å². The smallest absolute Gasteiger partial charge is 0.265 e. The lowest BCUT2D eigenvalue weighted by Gasteiger charge is -2.23. The molecule has 0 spiro atoms. The molecule has 0 bridgehead atoms. The predicted molar refractivity (Wildman–Crippen MR) is 102 cm³/mol. The lowest BCUT2D eigenvalue weighted by Crippen LogP contribution is -2.34. The molecule has 1 unspecified atom stereocenters. The average Bonchev–Trinajstić information content (AvgIpc) is 2.63. The Morgan fingerprint density at radius 1 is 1.27 bits per heavy atom. The lowest BCUT2D eigenvalue weighted by molar-refractivity contribution is -0.122. The second kappa shape index (κ2) is 8.14. The molecule has 3 rings (SSSR count). The summed E-state index contributed by atoms with van der Waals surface area (Å²) in [4.78, 5) is 24.9. The Labute approximate surface area is 156 Å². The minimum Gasteiger partial charge on any atom is -0.497 e. The Bertz CT molecular complexity index is 808. The molecule has 136 valence electrons. The van der Waals surface area contributed by atoms with Gasteiger partial charge >= 0.3 is 0 Å². The zero-order valence-corrected chi connectivity index (χ0v) is 15.4. The summed E-state index contributed by atoms with van der Waals surface area (Å²) in [5, 5.41) is 5.61. The maximum Gasteiger partial charge on any atom is 0.265 e. The molecule has 1 aliphatic heterocycles. The maximum absolute atomic E-state index is 12.1. The van der Waals surface area contributed by atoms with Crippen molar-refractivity contribution >= 4 is 35.0 Å². The van der Waals surface area contributed by atoms with Gasteiger partial charge in [0.2, 0.25) is 5.91 Å². The fourth-order valence-electron chi connectivity index (χ4n) is 2.44. The van der Waals surface area contributed by atoms with Crippen molar-refractivity contribution < 1.29 is 19.1 Å². The first-order chi connectivity index (χ1) is 12.5. The van der Waals surface area contributed by atoms with Gasteiger partial charge in [-0.05, 0) is 49.4 Å². The monoisotopic (exact) mass is 372 g/mol. The van der Waals surface area contributed by atoms with Crippen molar-refractivity contribution in [2.24, 2.45) is 0 Å². The summed E-state index contributed by atoms with van der Waals surface area (Å²) in [6.45, 7) is 1.69. The second-order valence-electron chi connectivity index (χ2n) is 5.78. The number of anilines is 2. The molecule has 2 aromatic rings. The second-order valence-corrected chi connectivity index (χ2v) is 6.95. The van der Waals surface area contributed by atoms with Crippen LogP contribution in [-0.2, 0) is 9.59 Å². The van der Waals surface area contributed by atoms with E-state index in [0.29, 0.717) is 29.3 Å². The number of hydrogen-bond donors (Lipinski definition) is 2. The van der Waals surface area contributed by atoms with Crippen LogP contribution < -0.4 is 20.1 Å². The average molecular weight is 372 g/mol. The molecular formula is C19H20N2O4S. The van der Waals surface area contributed by atoms with Crippen LogP contribution >= 0.6 is 11.8 Å². The molecule has 0 aliphatic carbocycles. The Morgan fingerprint density at radius 2 is 2.04 bits per heavy atom. The van der Waals surface area contributed by atoms with Gasteiger partial charge in [-0.2, -0.15) is 0 Å². The maximum atomic E-state index is 12.1. The zero-order valence-electron chi connectivity index (χ0n) is 14.6. The van der Waals surface area contributed by atoms with Gasteiger partial charge in [0.05, 0.1) is 12.8 Å². The first-order valence-electron chi connectivity index (χ1n) is 8.23. The molecular weight excluding hydrogens is 352 g/mol. The standard InChI is InChI=1S/C19H20N2O4S/c1-12-19(23)21-16-11-13(3-8-17(16)25-12)20-18(22)9-10-26-15-6-4-14(24-2)5-7-15/h3-8,11-12H,9-10H2,1-2H3,(H,20,22)(H,21,23). The summed E-state index contributed by atoms with van der Waals surface area (Å²) in [6, 6.07) is 12.9. The number of ether oxygens (including phenoxy) is 2. The van der Waals surface area contributed by atoms with Crippen molar-refractivity contribution in [3.63, 3.8) is 0 Å². The molecule has 0 saturated heterocycles. The van der Waals surface area contributed by atoms with Gasteiger partial charge in [-0.1, -0.05) is 0 Å². The van der Waals surface area contributed by atoms with Gasteiger partial charge < -0.3 is 20.1 Å². The van der Waals surface area contributed by atoms with Gasteiger partial charge in [-0.3, -0.25) is 9.59 Å². The Morgan fingerprint density at radius 3 is 2.77 bits per heavy atom. The molecule has 2 N–H and O–H groups in total. The van der Waals surface area contributed by atoms with Crippen LogP contribution in [-0.4, -0.2) is 30.8 Å². The van der Waals surface area contributed by atoms with Gasteiger partial charge in [-0.15, -0.1) is 11.8 Å². The first kappa shape index (κ1) is 18.1. The number of thioether (sulfide) groups is 1. The molecule has 0 saturated carbocycles. The van der Waals surface area contributed by atoms with E-state index in [1.54, 1.807) is 44.0 Å². The van der Waals surface area contributed by atoms with Gasteiger partial charge in [0.1, 0.15) is 11.5 Å². The molecule has 0 aromatic heterocycles. The van der Waals surface area contributed by atoms with E-state index in [-0.39, 0.29) is 11.8 Å². The van der Waals surface area contributed by atoms with Gasteiger partial charge in [0, 0.05) is 22.8 Å². The third-order valence-corrected chi connectivity index (χ3v) is 4.87. The van der Waals surface area contributed by atoms with Crippen molar-refractivity contribution in [1.29, 1.82) is 0 Å². The highest BCUT2D eigenvalue weighted by Crippen LogP contribution is 2.32. The fourth-order valence-corrected chi connectivity index (χ4v) is 3.30. The molecule has 1 aliphatic rings. The molecule has 0 radical (unpaired) electrons. The molecule has 1 heterocycles. The molecule has 6 nitrogen and oxygen atoms in total. The number of hydrogen-bond acceptors (Lipinski definition) is 5. The van der Waals surface area contributed by atoms with E-state index in [9.17, 15) is 9.59 Å². The van der Waals surface area contributed by atoms with Crippen LogP contribution in [0.25, 0.3) is 0 Å². The van der Waals surface area contributed by atoms with Crippen LogP contribution in [0.15, 0.2) is 47.4 Å². The summed E-state index contributed by atoms with van der Waals surface area (Å²) >= 11 is 1.61.